The number of para-hydroxylation sites is 1. The summed E-state index contributed by atoms with van der Waals surface area (Å²) in [6.45, 7) is 5.45. The van der Waals surface area contributed by atoms with Crippen molar-refractivity contribution in [2.45, 2.75) is 31.8 Å². The smallest absolute Gasteiger partial charge is 0.127 e. The van der Waals surface area contributed by atoms with Crippen LogP contribution < -0.4 is 4.74 Å². The molecule has 1 unspecified atom stereocenters. The zero-order chi connectivity index (χ0) is 14.0. The Hall–Kier alpha value is -1.80. The van der Waals surface area contributed by atoms with Crippen molar-refractivity contribution in [2.24, 2.45) is 0 Å². The van der Waals surface area contributed by atoms with E-state index in [0.29, 0.717) is 6.10 Å². The normalized spacial score (nSPS) is 17.8. The zero-order valence-electron chi connectivity index (χ0n) is 12.0. The quantitative estimate of drug-likeness (QED) is 0.742. The van der Waals surface area contributed by atoms with Gasteiger partial charge in [0.2, 0.25) is 0 Å². The molecule has 3 rings (SSSR count). The summed E-state index contributed by atoms with van der Waals surface area (Å²) in [5.41, 5.74) is 1.47. The molecule has 1 saturated heterocycles. The number of epoxide rings is 1. The van der Waals surface area contributed by atoms with Crippen molar-refractivity contribution in [2.75, 3.05) is 6.61 Å². The largest absolute Gasteiger partial charge is 0.457 e. The molecule has 20 heavy (non-hydrogen) atoms. The summed E-state index contributed by atoms with van der Waals surface area (Å²) in [4.78, 5) is 0. The van der Waals surface area contributed by atoms with Crippen molar-refractivity contribution in [3.05, 3.63) is 60.2 Å². The van der Waals surface area contributed by atoms with Crippen LogP contribution in [-0.2, 0) is 10.2 Å². The Morgan fingerprint density at radius 1 is 1.00 bits per heavy atom. The minimum atomic E-state index is 0.145. The molecule has 2 aromatic carbocycles. The van der Waals surface area contributed by atoms with E-state index in [1.807, 2.05) is 42.5 Å². The van der Waals surface area contributed by atoms with Crippen LogP contribution in [0.2, 0.25) is 0 Å². The van der Waals surface area contributed by atoms with Crippen molar-refractivity contribution >= 4 is 0 Å². The van der Waals surface area contributed by atoms with Crippen LogP contribution in [0.1, 0.15) is 25.8 Å². The van der Waals surface area contributed by atoms with Gasteiger partial charge < -0.3 is 9.47 Å². The molecule has 2 aromatic rings. The van der Waals surface area contributed by atoms with E-state index in [4.69, 9.17) is 9.47 Å². The first kappa shape index (κ1) is 13.2. The molecular weight excluding hydrogens is 248 g/mol. The molecule has 0 N–H and O–H groups in total. The highest BCUT2D eigenvalue weighted by Crippen LogP contribution is 2.34. The average molecular weight is 268 g/mol. The SMILES string of the molecule is CC(C)(CC1CO1)c1ccc(Oc2ccccc2)cc1. The van der Waals surface area contributed by atoms with E-state index < -0.39 is 0 Å². The molecule has 0 aliphatic carbocycles. The lowest BCUT2D eigenvalue weighted by atomic mass is 9.80. The number of benzene rings is 2. The highest BCUT2D eigenvalue weighted by atomic mass is 16.6. The lowest BCUT2D eigenvalue weighted by Crippen LogP contribution is -2.19. The summed E-state index contributed by atoms with van der Waals surface area (Å²) in [6.07, 6.45) is 1.52. The molecule has 104 valence electrons. The third kappa shape index (κ3) is 3.20. The Morgan fingerprint density at radius 2 is 1.60 bits per heavy atom. The predicted molar refractivity (Wildman–Crippen MR) is 80.3 cm³/mol. The maximum atomic E-state index is 5.81. The Kier molecular flexibility index (Phi) is 3.49. The van der Waals surface area contributed by atoms with Crippen molar-refractivity contribution in [1.29, 1.82) is 0 Å². The maximum absolute atomic E-state index is 5.81. The first-order chi connectivity index (χ1) is 9.63. The van der Waals surface area contributed by atoms with Gasteiger partial charge in [0.15, 0.2) is 0 Å². The minimum absolute atomic E-state index is 0.145. The molecule has 0 bridgehead atoms. The summed E-state index contributed by atoms with van der Waals surface area (Å²) in [5, 5.41) is 0. The molecule has 0 saturated carbocycles. The monoisotopic (exact) mass is 268 g/mol. The molecule has 0 aromatic heterocycles. The zero-order valence-corrected chi connectivity index (χ0v) is 12.0. The summed E-state index contributed by atoms with van der Waals surface area (Å²) < 4.78 is 11.2. The second-order valence-electron chi connectivity index (χ2n) is 5.98. The third-order valence-electron chi connectivity index (χ3n) is 3.76. The van der Waals surface area contributed by atoms with E-state index >= 15 is 0 Å². The van der Waals surface area contributed by atoms with Gasteiger partial charge in [-0.15, -0.1) is 0 Å². The van der Waals surface area contributed by atoms with Gasteiger partial charge >= 0.3 is 0 Å². The molecule has 0 amide bonds. The van der Waals surface area contributed by atoms with Gasteiger partial charge in [-0.25, -0.2) is 0 Å². The molecule has 0 spiro atoms. The van der Waals surface area contributed by atoms with E-state index in [0.717, 1.165) is 24.5 Å². The molecule has 0 radical (unpaired) electrons. The van der Waals surface area contributed by atoms with Crippen molar-refractivity contribution in [3.63, 3.8) is 0 Å². The molecule has 2 heteroatoms. The number of hydrogen-bond donors (Lipinski definition) is 0. The summed E-state index contributed by atoms with van der Waals surface area (Å²) in [7, 11) is 0. The fourth-order valence-electron chi connectivity index (χ4n) is 2.47. The lowest BCUT2D eigenvalue weighted by Gasteiger charge is -2.24. The van der Waals surface area contributed by atoms with Crippen LogP contribution >= 0.6 is 0 Å². The highest BCUT2D eigenvalue weighted by Gasteiger charge is 2.32. The topological polar surface area (TPSA) is 21.8 Å². The Balaban J connectivity index is 1.70. The van der Waals surface area contributed by atoms with Gasteiger partial charge in [-0.3, -0.25) is 0 Å². The fraction of sp³-hybridized carbons (Fsp3) is 0.333. The summed E-state index contributed by atoms with van der Waals surface area (Å²) >= 11 is 0. The van der Waals surface area contributed by atoms with Gasteiger partial charge in [-0.2, -0.15) is 0 Å². The van der Waals surface area contributed by atoms with Crippen molar-refractivity contribution < 1.29 is 9.47 Å². The Morgan fingerprint density at radius 3 is 2.20 bits per heavy atom. The standard InChI is InChI=1S/C18H20O2/c1-18(2,12-17-13-19-17)14-8-10-16(11-9-14)20-15-6-4-3-5-7-15/h3-11,17H,12-13H2,1-2H3. The van der Waals surface area contributed by atoms with Crippen LogP contribution in [0, 0.1) is 0 Å². The number of hydrogen-bond acceptors (Lipinski definition) is 2. The van der Waals surface area contributed by atoms with Crippen LogP contribution in [0.4, 0.5) is 0 Å². The second-order valence-corrected chi connectivity index (χ2v) is 5.98. The first-order valence-electron chi connectivity index (χ1n) is 7.08. The highest BCUT2D eigenvalue weighted by molar-refractivity contribution is 5.35. The molecule has 1 aliphatic heterocycles. The van der Waals surface area contributed by atoms with Crippen LogP contribution in [0.5, 0.6) is 11.5 Å². The maximum Gasteiger partial charge on any atom is 0.127 e. The van der Waals surface area contributed by atoms with E-state index in [2.05, 4.69) is 26.0 Å². The Labute approximate surface area is 120 Å². The van der Waals surface area contributed by atoms with Crippen LogP contribution in [0.25, 0.3) is 0 Å². The van der Waals surface area contributed by atoms with Gasteiger partial charge in [0.1, 0.15) is 11.5 Å². The number of ether oxygens (including phenoxy) is 2. The lowest BCUT2D eigenvalue weighted by molar-refractivity contribution is 0.345. The minimum Gasteiger partial charge on any atom is -0.457 e. The van der Waals surface area contributed by atoms with Gasteiger partial charge in [-0.1, -0.05) is 44.2 Å². The molecule has 1 fully saturated rings. The van der Waals surface area contributed by atoms with Crippen molar-refractivity contribution in [3.8, 4) is 11.5 Å². The van der Waals surface area contributed by atoms with Gasteiger partial charge in [0, 0.05) is 0 Å². The number of rotatable bonds is 5. The summed E-state index contributed by atoms with van der Waals surface area (Å²) in [6, 6.07) is 18.2. The van der Waals surface area contributed by atoms with Crippen molar-refractivity contribution in [1.82, 2.24) is 0 Å². The van der Waals surface area contributed by atoms with E-state index in [1.54, 1.807) is 0 Å². The average Bonchev–Trinajstić information content (AvgIpc) is 3.24. The molecule has 2 nitrogen and oxygen atoms in total. The third-order valence-corrected chi connectivity index (χ3v) is 3.76. The molecule has 1 heterocycles. The Bertz CT molecular complexity index is 554. The van der Waals surface area contributed by atoms with E-state index in [9.17, 15) is 0 Å². The first-order valence-corrected chi connectivity index (χ1v) is 7.08. The van der Waals surface area contributed by atoms with Crippen LogP contribution in [0.3, 0.4) is 0 Å². The van der Waals surface area contributed by atoms with E-state index in [-0.39, 0.29) is 5.41 Å². The van der Waals surface area contributed by atoms with Gasteiger partial charge in [0.05, 0.1) is 12.7 Å². The second kappa shape index (κ2) is 5.29. The summed E-state index contributed by atoms with van der Waals surface area (Å²) in [5.74, 6) is 1.74. The predicted octanol–water partition coefficient (Wildman–Crippen LogP) is 4.55. The van der Waals surface area contributed by atoms with Gasteiger partial charge in [-0.05, 0) is 41.7 Å². The molecule has 1 aliphatic rings. The van der Waals surface area contributed by atoms with Crippen LogP contribution in [0.15, 0.2) is 54.6 Å². The van der Waals surface area contributed by atoms with Gasteiger partial charge in [0.25, 0.3) is 0 Å². The van der Waals surface area contributed by atoms with Crippen LogP contribution in [-0.4, -0.2) is 12.7 Å². The fourth-order valence-corrected chi connectivity index (χ4v) is 2.47. The molecule has 1 atom stereocenters. The molecular formula is C18H20O2. The van der Waals surface area contributed by atoms with E-state index in [1.165, 1.54) is 5.56 Å².